The summed E-state index contributed by atoms with van der Waals surface area (Å²) in [7, 11) is 0. The van der Waals surface area contributed by atoms with Crippen molar-refractivity contribution in [3.8, 4) is 0 Å². The third-order valence-electron chi connectivity index (χ3n) is 8.14. The second-order valence-electron chi connectivity index (χ2n) is 12.6. The summed E-state index contributed by atoms with van der Waals surface area (Å²) < 4.78 is 51.2. The van der Waals surface area contributed by atoms with E-state index in [1.165, 1.54) is 18.5 Å². The van der Waals surface area contributed by atoms with Crippen LogP contribution in [0.2, 0.25) is 0 Å². The van der Waals surface area contributed by atoms with E-state index in [1.54, 1.807) is 42.7 Å². The van der Waals surface area contributed by atoms with Crippen molar-refractivity contribution in [3.05, 3.63) is 58.9 Å². The van der Waals surface area contributed by atoms with Gasteiger partial charge in [-0.2, -0.15) is 4.98 Å². The van der Waals surface area contributed by atoms with E-state index in [-0.39, 0.29) is 23.8 Å². The SMILES string of the molecule is CCN(C(=O)c1cnc(N2C[C@H](NC(=O)OC(C)(C)C)[C@@H](c3cc(C)ccc3F)C2)nc1)C1CCN(c2nc(C(F)F)no2)CC1. The molecule has 4 heterocycles. The Kier molecular flexibility index (Phi) is 9.68. The van der Waals surface area contributed by atoms with Gasteiger partial charge in [0.1, 0.15) is 11.4 Å². The second-order valence-corrected chi connectivity index (χ2v) is 12.6. The summed E-state index contributed by atoms with van der Waals surface area (Å²) in [6.07, 6.45) is 0.714. The molecule has 0 saturated carbocycles. The first-order chi connectivity index (χ1) is 21.8. The number of alkyl halides is 2. The zero-order valence-corrected chi connectivity index (χ0v) is 26.5. The maximum Gasteiger partial charge on any atom is 0.407 e. The van der Waals surface area contributed by atoms with E-state index in [2.05, 4.69) is 25.4 Å². The minimum absolute atomic E-state index is 0.0462. The normalized spacial score (nSPS) is 19.1. The van der Waals surface area contributed by atoms with Crippen LogP contribution in [0.1, 0.15) is 80.2 Å². The van der Waals surface area contributed by atoms with Gasteiger partial charge >= 0.3 is 18.5 Å². The number of amides is 2. The fraction of sp³-hybridized carbons (Fsp3) is 0.548. The summed E-state index contributed by atoms with van der Waals surface area (Å²) in [5.74, 6) is -1.28. The van der Waals surface area contributed by atoms with Gasteiger partial charge in [0.05, 0.1) is 11.6 Å². The molecule has 0 radical (unpaired) electrons. The Balaban J connectivity index is 1.26. The molecule has 2 aliphatic heterocycles. The van der Waals surface area contributed by atoms with Gasteiger partial charge in [-0.25, -0.2) is 27.9 Å². The molecule has 1 N–H and O–H groups in total. The minimum Gasteiger partial charge on any atom is -0.444 e. The van der Waals surface area contributed by atoms with Crippen molar-refractivity contribution in [1.29, 1.82) is 0 Å². The molecular formula is C31H39F3N8O4. The van der Waals surface area contributed by atoms with Gasteiger partial charge in [0, 0.05) is 57.1 Å². The lowest BCUT2D eigenvalue weighted by molar-refractivity contribution is 0.0504. The van der Waals surface area contributed by atoms with Crippen molar-refractivity contribution in [2.45, 2.75) is 77.5 Å². The first-order valence-corrected chi connectivity index (χ1v) is 15.3. The third kappa shape index (κ3) is 7.50. The highest BCUT2D eigenvalue weighted by Crippen LogP contribution is 2.32. The Morgan fingerprint density at radius 2 is 1.83 bits per heavy atom. The number of halogens is 3. The van der Waals surface area contributed by atoms with E-state index in [9.17, 15) is 22.8 Å². The lowest BCUT2D eigenvalue weighted by Gasteiger charge is -2.37. The van der Waals surface area contributed by atoms with Gasteiger partial charge in [0.15, 0.2) is 0 Å². The monoisotopic (exact) mass is 644 g/mol. The zero-order valence-electron chi connectivity index (χ0n) is 26.5. The highest BCUT2D eigenvalue weighted by molar-refractivity contribution is 5.94. The standard InChI is InChI=1S/C31H39F3N8O4/c1-6-42(20-9-11-40(12-10-20)29-38-26(25(33)34)39-46-29)27(43)19-14-35-28(36-15-19)41-16-22(21-13-18(2)7-8-23(21)32)24(17-41)37-30(44)45-31(3,4)5/h7-8,13-15,20,22,24-25H,6,9-12,16-17H2,1-5H3,(H,37,44)/t22-,24+/m1/s1. The van der Waals surface area contributed by atoms with Gasteiger partial charge in [0.2, 0.25) is 11.8 Å². The number of carbonyl (C=O) groups is 2. The van der Waals surface area contributed by atoms with E-state index in [4.69, 9.17) is 9.26 Å². The Bertz CT molecular complexity index is 1520. The third-order valence-corrected chi connectivity index (χ3v) is 8.14. The average Bonchev–Trinajstić information content (AvgIpc) is 3.67. The topological polar surface area (TPSA) is 130 Å². The number of ether oxygens (including phenoxy) is 1. The quantitative estimate of drug-likeness (QED) is 0.363. The molecule has 0 unspecified atom stereocenters. The molecule has 248 valence electrons. The van der Waals surface area contributed by atoms with Crippen LogP contribution in [0, 0.1) is 12.7 Å². The predicted octanol–water partition coefficient (Wildman–Crippen LogP) is 4.87. The van der Waals surface area contributed by atoms with Crippen molar-refractivity contribution < 1.29 is 32.0 Å². The van der Waals surface area contributed by atoms with Crippen molar-refractivity contribution in [2.24, 2.45) is 0 Å². The number of benzene rings is 1. The molecule has 0 aliphatic carbocycles. The molecule has 5 rings (SSSR count). The van der Waals surface area contributed by atoms with Gasteiger partial charge in [-0.15, -0.1) is 0 Å². The molecule has 0 bridgehead atoms. The summed E-state index contributed by atoms with van der Waals surface area (Å²) in [5, 5.41) is 6.22. The van der Waals surface area contributed by atoms with Gasteiger partial charge in [-0.1, -0.05) is 22.9 Å². The van der Waals surface area contributed by atoms with E-state index >= 15 is 0 Å². The molecule has 12 nitrogen and oxygen atoms in total. The molecule has 2 aromatic heterocycles. The van der Waals surface area contributed by atoms with Gasteiger partial charge in [-0.05, 0) is 59.1 Å². The fourth-order valence-electron chi connectivity index (χ4n) is 5.98. The Morgan fingerprint density at radius 3 is 2.43 bits per heavy atom. The summed E-state index contributed by atoms with van der Waals surface area (Å²) in [6, 6.07) is 4.38. The van der Waals surface area contributed by atoms with Crippen LogP contribution in [0.3, 0.4) is 0 Å². The number of nitrogens with zero attached hydrogens (tertiary/aromatic N) is 7. The number of hydrogen-bond acceptors (Lipinski definition) is 10. The van der Waals surface area contributed by atoms with Gasteiger partial charge < -0.3 is 29.3 Å². The average molecular weight is 645 g/mol. The number of aryl methyl sites for hydroxylation is 1. The molecule has 2 atom stereocenters. The minimum atomic E-state index is -2.81. The number of hydrogen-bond donors (Lipinski definition) is 1. The smallest absolute Gasteiger partial charge is 0.407 e. The number of alkyl carbamates (subject to hydrolysis) is 1. The summed E-state index contributed by atoms with van der Waals surface area (Å²) in [5.41, 5.74) is 0.992. The molecule has 2 amide bonds. The summed E-state index contributed by atoms with van der Waals surface area (Å²) in [4.78, 5) is 44.3. The number of anilines is 2. The predicted molar refractivity (Wildman–Crippen MR) is 162 cm³/mol. The van der Waals surface area contributed by atoms with Gasteiger partial charge in [0.25, 0.3) is 5.91 Å². The largest absolute Gasteiger partial charge is 0.444 e. The van der Waals surface area contributed by atoms with Crippen LogP contribution in [-0.2, 0) is 4.74 Å². The number of carbonyl (C=O) groups excluding carboxylic acids is 2. The van der Waals surface area contributed by atoms with Crippen LogP contribution >= 0.6 is 0 Å². The van der Waals surface area contributed by atoms with Crippen molar-refractivity contribution >= 4 is 24.0 Å². The lowest BCUT2D eigenvalue weighted by Crippen LogP contribution is -2.47. The number of aromatic nitrogens is 4. The van der Waals surface area contributed by atoms with E-state index < -0.39 is 35.9 Å². The van der Waals surface area contributed by atoms with Crippen molar-refractivity contribution in [3.63, 3.8) is 0 Å². The molecule has 3 aromatic rings. The fourth-order valence-corrected chi connectivity index (χ4v) is 5.98. The van der Waals surface area contributed by atoms with Crippen LogP contribution in [0.15, 0.2) is 35.1 Å². The van der Waals surface area contributed by atoms with Crippen LogP contribution in [-0.4, -0.2) is 87.4 Å². The van der Waals surface area contributed by atoms with Crippen LogP contribution in [0.4, 0.5) is 29.9 Å². The molecule has 2 saturated heterocycles. The molecule has 2 aliphatic rings. The Morgan fingerprint density at radius 1 is 1.13 bits per heavy atom. The lowest BCUT2D eigenvalue weighted by atomic mass is 9.92. The molecule has 15 heteroatoms. The van der Waals surface area contributed by atoms with Crippen molar-refractivity contribution in [2.75, 3.05) is 42.5 Å². The highest BCUT2D eigenvalue weighted by Gasteiger charge is 2.39. The number of piperidine rings is 1. The van der Waals surface area contributed by atoms with Gasteiger partial charge in [-0.3, -0.25) is 4.79 Å². The van der Waals surface area contributed by atoms with Crippen molar-refractivity contribution in [1.82, 2.24) is 30.3 Å². The van der Waals surface area contributed by atoms with Crippen LogP contribution in [0.25, 0.3) is 0 Å². The molecule has 46 heavy (non-hydrogen) atoms. The van der Waals surface area contributed by atoms with E-state index in [1.807, 2.05) is 18.7 Å². The Hall–Kier alpha value is -4.43. The summed E-state index contributed by atoms with van der Waals surface area (Å²) in [6.45, 7) is 11.1. The van der Waals surface area contributed by atoms with Crippen LogP contribution < -0.4 is 15.1 Å². The van der Waals surface area contributed by atoms with Crippen LogP contribution in [0.5, 0.6) is 0 Å². The highest BCUT2D eigenvalue weighted by atomic mass is 19.3. The number of nitrogens with one attached hydrogen (secondary N) is 1. The molecule has 1 aromatic carbocycles. The number of rotatable bonds is 8. The molecular weight excluding hydrogens is 605 g/mol. The first-order valence-electron chi connectivity index (χ1n) is 15.3. The zero-order chi connectivity index (χ0) is 33.2. The van der Waals surface area contributed by atoms with E-state index in [0.29, 0.717) is 62.6 Å². The van der Waals surface area contributed by atoms with E-state index in [0.717, 1.165) is 5.56 Å². The first kappa shape index (κ1) is 32.9. The summed E-state index contributed by atoms with van der Waals surface area (Å²) >= 11 is 0. The molecule has 0 spiro atoms. The Labute approximate surface area is 265 Å². The second kappa shape index (κ2) is 13.5. The molecule has 2 fully saturated rings. The maximum absolute atomic E-state index is 15.0. The maximum atomic E-state index is 15.0.